The Morgan fingerprint density at radius 2 is 0.568 bits per heavy atom. The van der Waals surface area contributed by atoms with Crippen LogP contribution in [0.2, 0.25) is 0 Å². The van der Waals surface area contributed by atoms with Crippen molar-refractivity contribution in [2.24, 2.45) is 0 Å². The Labute approximate surface area is 723 Å². The predicted octanol–water partition coefficient (Wildman–Crippen LogP) is 31.6. The average molecular weight is 1590 g/mol. The highest BCUT2D eigenvalue weighted by atomic mass is 15.2. The first-order valence-electron chi connectivity index (χ1n) is 42.6. The Morgan fingerprint density at radius 1 is 0.192 bits per heavy atom. The van der Waals surface area contributed by atoms with Gasteiger partial charge in [-0.25, -0.2) is 4.98 Å². The molecule has 26 rings (SSSR count). The van der Waals surface area contributed by atoms with E-state index in [1.165, 1.54) is 143 Å². The van der Waals surface area contributed by atoms with Crippen LogP contribution in [0.4, 0.5) is 51.2 Å². The van der Waals surface area contributed by atoms with Crippen LogP contribution in [0.25, 0.3) is 177 Å². The Balaban J connectivity index is 0.000000105. The van der Waals surface area contributed by atoms with Gasteiger partial charge in [0.05, 0.1) is 73.3 Å². The molecule has 0 unspecified atom stereocenters. The molecule has 5 aromatic heterocycles. The van der Waals surface area contributed by atoms with Gasteiger partial charge in [0.1, 0.15) is 0 Å². The number of pyridine rings is 3. The van der Waals surface area contributed by atoms with E-state index in [2.05, 4.69) is 460 Å². The fraction of sp³-hybridized carbons (Fsp3) is 0. The van der Waals surface area contributed by atoms with Gasteiger partial charge in [-0.3, -0.25) is 9.97 Å². The summed E-state index contributed by atoms with van der Waals surface area (Å²) in [5.74, 6) is 0. The molecule has 3 aliphatic rings. The molecule has 3 aliphatic heterocycles. The third-order valence-electron chi connectivity index (χ3n) is 25.0. The van der Waals surface area contributed by atoms with E-state index >= 15 is 0 Å². The van der Waals surface area contributed by atoms with Crippen LogP contribution >= 0.6 is 0 Å². The van der Waals surface area contributed by atoms with Crippen molar-refractivity contribution in [2.75, 3.05) is 14.7 Å². The van der Waals surface area contributed by atoms with Crippen molar-refractivity contribution >= 4 is 127 Å². The zero-order valence-electron chi connectivity index (χ0n) is 68.0. The number of hydrogen-bond acceptors (Lipinski definition) is 6. The molecule has 0 spiro atoms. The van der Waals surface area contributed by atoms with Gasteiger partial charge in [-0.2, -0.15) is 0 Å². The lowest BCUT2D eigenvalue weighted by molar-refractivity contribution is 1.16. The Kier molecular flexibility index (Phi) is 17.4. The van der Waals surface area contributed by atoms with Gasteiger partial charge in [-0.1, -0.05) is 291 Å². The van der Waals surface area contributed by atoms with Crippen LogP contribution < -0.4 is 14.7 Å². The number of para-hydroxylation sites is 5. The summed E-state index contributed by atoms with van der Waals surface area (Å²) in [6.45, 7) is 0. The van der Waals surface area contributed by atoms with Crippen molar-refractivity contribution in [3.8, 4) is 101 Å². The number of hydrogen-bond donors (Lipinski definition) is 0. The van der Waals surface area contributed by atoms with E-state index in [1.807, 2.05) is 30.7 Å². The lowest BCUT2D eigenvalue weighted by Crippen LogP contribution is -2.16. The largest absolute Gasteiger partial charge is 0.309 e. The fourth-order valence-corrected chi connectivity index (χ4v) is 19.6. The van der Waals surface area contributed by atoms with E-state index in [0.29, 0.717) is 0 Å². The maximum atomic E-state index is 5.27. The van der Waals surface area contributed by atoms with E-state index in [-0.39, 0.29) is 0 Å². The Hall–Kier alpha value is -16.8. The standard InChI is InChI=1S/2C39H25N3.C39H26N2/c1-2-11-26(12-3-1)28-23-27-13-8-20-36-38(27)33(24-28)39-37(21-10-22-40-39)42(36)30-15-9-14-29(25-30)41-34-18-6-4-16-31(34)32-17-5-7-19-35(32)41;1-2-10-26(11-3-1)28-22-27-12-8-19-38-39(27)33(23-28)34-25-40-21-20-37(34)42(38)30-14-9-13-29(24-30)41-35-17-6-4-15-31(35)32-16-5-7-18-36(32)41;1-4-13-27(14-5-1)31-23-32(28-15-6-2-7-16-28)25-33(24-31)41-36-21-11-10-20-34(36)39-38-30(19-12-22-37(38)41)26-35(40-39)29-17-8-3-9-18-29/h2*1-25H;1-26H. The van der Waals surface area contributed by atoms with Gasteiger partial charge in [0.25, 0.3) is 0 Å². The molecule has 8 nitrogen and oxygen atoms in total. The molecule has 0 radical (unpaired) electrons. The molecule has 0 saturated heterocycles. The molecular weight excluding hydrogens is 1520 g/mol. The number of aromatic nitrogens is 5. The smallest absolute Gasteiger partial charge is 0.0949 e. The SMILES string of the molecule is c1ccc(-c2cc(-c3ccccc3)cc(N3c4ccccc4-c4nc(-c5ccccc5)cc5cccc3c45)c2)cc1.c1ccc(-c2cc3c4c(cccc4c2)N(c2cccc(-n4c5ccccc5c5ccccc54)c2)c2cccnc2-3)cc1.c1ccc(-c2cc3c4c(cccc4c2)N(c2cccc(-n4c5ccccc5c5ccccc54)c2)c2ccncc2-3)cc1. The van der Waals surface area contributed by atoms with Crippen molar-refractivity contribution in [1.29, 1.82) is 0 Å². The lowest BCUT2D eigenvalue weighted by atomic mass is 9.88. The third kappa shape index (κ3) is 12.3. The highest BCUT2D eigenvalue weighted by Gasteiger charge is 2.33. The van der Waals surface area contributed by atoms with Crippen LogP contribution in [-0.2, 0) is 0 Å². The zero-order chi connectivity index (χ0) is 82.4. The molecule has 0 amide bonds. The van der Waals surface area contributed by atoms with Gasteiger partial charge in [0, 0.05) is 107 Å². The molecule has 0 fully saturated rings. The number of fused-ring (bicyclic) bond motifs is 12. The number of nitrogens with zero attached hydrogens (tertiary/aromatic N) is 8. The lowest BCUT2D eigenvalue weighted by Gasteiger charge is -2.33. The summed E-state index contributed by atoms with van der Waals surface area (Å²) < 4.78 is 4.76. The van der Waals surface area contributed by atoms with Gasteiger partial charge in [-0.15, -0.1) is 0 Å². The van der Waals surface area contributed by atoms with Crippen molar-refractivity contribution < 1.29 is 0 Å². The summed E-state index contributed by atoms with van der Waals surface area (Å²) >= 11 is 0. The monoisotopic (exact) mass is 1590 g/mol. The van der Waals surface area contributed by atoms with Gasteiger partial charge in [0.2, 0.25) is 0 Å². The topological polar surface area (TPSA) is 58.3 Å². The van der Waals surface area contributed by atoms with Crippen LogP contribution in [0, 0.1) is 0 Å². The summed E-state index contributed by atoms with van der Waals surface area (Å²) in [5, 5.41) is 12.3. The minimum Gasteiger partial charge on any atom is -0.309 e. The molecule has 0 N–H and O–H groups in total. The molecule has 8 heterocycles. The van der Waals surface area contributed by atoms with Crippen LogP contribution in [0.1, 0.15) is 0 Å². The first-order valence-corrected chi connectivity index (χ1v) is 42.6. The number of benzene rings is 18. The van der Waals surface area contributed by atoms with Crippen LogP contribution in [0.3, 0.4) is 0 Å². The van der Waals surface area contributed by atoms with E-state index in [4.69, 9.17) is 9.97 Å². The maximum Gasteiger partial charge on any atom is 0.0949 e. The molecule has 0 aliphatic carbocycles. The summed E-state index contributed by atoms with van der Waals surface area (Å²) in [4.78, 5) is 22.0. The summed E-state index contributed by atoms with van der Waals surface area (Å²) in [5.41, 5.74) is 35.7. The summed E-state index contributed by atoms with van der Waals surface area (Å²) in [6, 6.07) is 159. The average Bonchev–Trinajstić information content (AvgIpc) is 1.58. The quantitative estimate of drug-likeness (QED) is 0.136. The van der Waals surface area contributed by atoms with Crippen molar-refractivity contribution in [2.45, 2.75) is 0 Å². The van der Waals surface area contributed by atoms with Gasteiger partial charge in [-0.05, 0) is 218 Å². The Morgan fingerprint density at radius 3 is 1.08 bits per heavy atom. The van der Waals surface area contributed by atoms with E-state index in [0.717, 1.165) is 85.0 Å². The molecule has 0 atom stereocenters. The Bertz CT molecular complexity index is 7690. The molecule has 8 heteroatoms. The first-order chi connectivity index (χ1) is 62.0. The first kappa shape index (κ1) is 72.2. The zero-order valence-corrected chi connectivity index (χ0v) is 68.0. The van der Waals surface area contributed by atoms with Gasteiger partial charge >= 0.3 is 0 Å². The normalized spacial score (nSPS) is 12.1. The third-order valence-corrected chi connectivity index (χ3v) is 25.0. The van der Waals surface area contributed by atoms with Crippen molar-refractivity contribution in [3.63, 3.8) is 0 Å². The fourth-order valence-electron chi connectivity index (χ4n) is 19.6. The van der Waals surface area contributed by atoms with E-state index in [1.54, 1.807) is 0 Å². The van der Waals surface area contributed by atoms with Gasteiger partial charge in [0.15, 0.2) is 0 Å². The minimum absolute atomic E-state index is 0.992. The number of rotatable bonds is 10. The van der Waals surface area contributed by atoms with Crippen molar-refractivity contribution in [1.82, 2.24) is 24.1 Å². The molecule has 0 saturated carbocycles. The molecular formula is C117H76N8. The molecule has 18 aromatic carbocycles. The van der Waals surface area contributed by atoms with Crippen molar-refractivity contribution in [3.05, 3.63) is 461 Å². The van der Waals surface area contributed by atoms with E-state index in [9.17, 15) is 0 Å². The highest BCUT2D eigenvalue weighted by molar-refractivity contribution is 6.19. The second kappa shape index (κ2) is 30.2. The predicted molar refractivity (Wildman–Crippen MR) is 522 cm³/mol. The summed E-state index contributed by atoms with van der Waals surface area (Å²) in [6.07, 6.45) is 5.81. The second-order valence-electron chi connectivity index (χ2n) is 32.2. The maximum absolute atomic E-state index is 5.27. The minimum atomic E-state index is 0.992. The second-order valence-corrected chi connectivity index (χ2v) is 32.2. The summed E-state index contributed by atoms with van der Waals surface area (Å²) in [7, 11) is 0. The van der Waals surface area contributed by atoms with Crippen LogP contribution in [0.15, 0.2) is 461 Å². The number of anilines is 9. The van der Waals surface area contributed by atoms with E-state index < -0.39 is 0 Å². The molecule has 23 aromatic rings. The van der Waals surface area contributed by atoms with Crippen LogP contribution in [0.5, 0.6) is 0 Å². The highest BCUT2D eigenvalue weighted by Crippen LogP contribution is 2.56. The molecule has 584 valence electrons. The molecule has 0 bridgehead atoms. The van der Waals surface area contributed by atoms with Gasteiger partial charge < -0.3 is 23.8 Å². The molecule has 125 heavy (non-hydrogen) atoms. The van der Waals surface area contributed by atoms with Crippen LogP contribution in [-0.4, -0.2) is 24.1 Å².